The zero-order valence-electron chi connectivity index (χ0n) is 10.2. The summed E-state index contributed by atoms with van der Waals surface area (Å²) >= 11 is 0. The molecular weight excluding hydrogens is 245 g/mol. The van der Waals surface area contributed by atoms with Crippen molar-refractivity contribution in [2.24, 2.45) is 10.7 Å². The average molecular weight is 263 g/mol. The number of rotatable bonds is 4. The number of amidine groups is 1. The van der Waals surface area contributed by atoms with Crippen LogP contribution in [-0.4, -0.2) is 64.4 Å². The summed E-state index contributed by atoms with van der Waals surface area (Å²) in [6, 6.07) is 0. The van der Waals surface area contributed by atoms with Gasteiger partial charge in [0, 0.05) is 13.2 Å². The molecule has 0 radical (unpaired) electrons. The summed E-state index contributed by atoms with van der Waals surface area (Å²) in [6.45, 7) is 0.955. The largest absolute Gasteiger partial charge is 0.388 e. The maximum Gasteiger partial charge on any atom is 0.180 e. The van der Waals surface area contributed by atoms with Crippen molar-refractivity contribution < 1.29 is 24.4 Å². The lowest BCUT2D eigenvalue weighted by molar-refractivity contribution is -0.0909. The van der Waals surface area contributed by atoms with Crippen LogP contribution in [0.4, 0.5) is 4.39 Å². The first-order valence-corrected chi connectivity index (χ1v) is 5.40. The van der Waals surface area contributed by atoms with Gasteiger partial charge in [-0.3, -0.25) is 4.99 Å². The first-order valence-electron chi connectivity index (χ1n) is 5.40. The van der Waals surface area contributed by atoms with Gasteiger partial charge in [0.05, 0.1) is 6.10 Å². The van der Waals surface area contributed by atoms with Gasteiger partial charge in [-0.2, -0.15) is 0 Å². The molecule has 1 aliphatic rings. The molecule has 104 valence electrons. The second-order valence-electron chi connectivity index (χ2n) is 3.95. The molecule has 1 heterocycles. The Balaban J connectivity index is 2.85. The van der Waals surface area contributed by atoms with Gasteiger partial charge in [-0.25, -0.2) is 4.39 Å². The lowest BCUT2D eigenvalue weighted by Crippen LogP contribution is -2.42. The van der Waals surface area contributed by atoms with Crippen molar-refractivity contribution in [3.63, 3.8) is 0 Å². The van der Waals surface area contributed by atoms with Crippen LogP contribution in [0.3, 0.4) is 0 Å². The predicted molar refractivity (Wildman–Crippen MR) is 62.0 cm³/mol. The van der Waals surface area contributed by atoms with Crippen LogP contribution < -0.4 is 5.73 Å². The molecule has 4 unspecified atom stereocenters. The Bertz CT molecular complexity index is 350. The second-order valence-corrected chi connectivity index (χ2v) is 3.95. The van der Waals surface area contributed by atoms with E-state index in [9.17, 15) is 14.6 Å². The average Bonchev–Trinajstić information content (AvgIpc) is 2.62. The normalized spacial score (nSPS) is 33.9. The maximum absolute atomic E-state index is 13.5. The first kappa shape index (κ1) is 14.8. The summed E-state index contributed by atoms with van der Waals surface area (Å²) in [5.74, 6) is -1.20. The summed E-state index contributed by atoms with van der Waals surface area (Å²) in [4.78, 5) is 4.43. The van der Waals surface area contributed by atoms with E-state index in [1.807, 2.05) is 0 Å². The lowest BCUT2D eigenvalue weighted by Gasteiger charge is -2.27. The number of nitrogens with two attached hydrogens (primary N) is 1. The minimum Gasteiger partial charge on any atom is -0.388 e. The van der Waals surface area contributed by atoms with Gasteiger partial charge in [0.1, 0.15) is 18.9 Å². The highest BCUT2D eigenvalue weighted by atomic mass is 19.1. The predicted octanol–water partition coefficient (Wildman–Crippen LogP) is -1.50. The standard InChI is InChI=1S/C10H18FN3O4/c1-5-7(16)8(17)10(18-5)14(4-15)3-6(11)9(12)13-2/h3,5,7-8,10,15-17H,4H2,1-2H3,(H2,12,13)/b6-3+. The highest BCUT2D eigenvalue weighted by molar-refractivity contribution is 5.94. The molecule has 0 bridgehead atoms. The van der Waals surface area contributed by atoms with Crippen molar-refractivity contribution in [3.05, 3.63) is 12.0 Å². The molecule has 1 saturated heterocycles. The second kappa shape index (κ2) is 6.10. The number of aliphatic hydroxyl groups excluding tert-OH is 3. The molecule has 0 saturated carbocycles. The number of aliphatic hydroxyl groups is 3. The summed E-state index contributed by atoms with van der Waals surface area (Å²) in [7, 11) is 1.32. The van der Waals surface area contributed by atoms with Crippen molar-refractivity contribution in [3.8, 4) is 0 Å². The molecule has 4 atom stereocenters. The zero-order valence-corrected chi connectivity index (χ0v) is 10.2. The van der Waals surface area contributed by atoms with E-state index in [2.05, 4.69) is 4.99 Å². The number of hydrogen-bond acceptors (Lipinski definition) is 6. The van der Waals surface area contributed by atoms with Crippen LogP contribution in [-0.2, 0) is 4.74 Å². The van der Waals surface area contributed by atoms with E-state index in [1.54, 1.807) is 6.92 Å². The van der Waals surface area contributed by atoms with Crippen molar-refractivity contribution >= 4 is 5.84 Å². The van der Waals surface area contributed by atoms with E-state index in [0.29, 0.717) is 0 Å². The number of nitrogens with zero attached hydrogens (tertiary/aromatic N) is 2. The van der Waals surface area contributed by atoms with E-state index >= 15 is 0 Å². The van der Waals surface area contributed by atoms with Gasteiger partial charge in [0.25, 0.3) is 0 Å². The lowest BCUT2D eigenvalue weighted by atomic mass is 10.1. The third-order valence-corrected chi connectivity index (χ3v) is 2.73. The van der Waals surface area contributed by atoms with Crippen LogP contribution in [0.5, 0.6) is 0 Å². The molecule has 0 aromatic rings. The molecule has 0 aromatic carbocycles. The van der Waals surface area contributed by atoms with Crippen LogP contribution in [0.15, 0.2) is 17.0 Å². The molecule has 0 spiro atoms. The summed E-state index contributed by atoms with van der Waals surface area (Å²) in [6.07, 6.45) is -3.14. The van der Waals surface area contributed by atoms with E-state index in [0.717, 1.165) is 11.1 Å². The van der Waals surface area contributed by atoms with E-state index < -0.39 is 37.1 Å². The molecule has 5 N–H and O–H groups in total. The Hall–Kier alpha value is -1.22. The zero-order chi connectivity index (χ0) is 13.9. The topological polar surface area (TPSA) is 112 Å². The van der Waals surface area contributed by atoms with Crippen LogP contribution in [0, 0.1) is 0 Å². The van der Waals surface area contributed by atoms with Gasteiger partial charge in [-0.05, 0) is 6.92 Å². The number of ether oxygens (including phenoxy) is 1. The number of halogens is 1. The van der Waals surface area contributed by atoms with E-state index in [4.69, 9.17) is 15.6 Å². The van der Waals surface area contributed by atoms with Gasteiger partial charge >= 0.3 is 0 Å². The Morgan fingerprint density at radius 3 is 2.50 bits per heavy atom. The molecule has 1 rings (SSSR count). The third-order valence-electron chi connectivity index (χ3n) is 2.73. The van der Waals surface area contributed by atoms with Gasteiger partial charge in [0.15, 0.2) is 17.9 Å². The minimum absolute atomic E-state index is 0.338. The van der Waals surface area contributed by atoms with Crippen LogP contribution >= 0.6 is 0 Å². The minimum atomic E-state index is -1.25. The number of hydrogen-bond donors (Lipinski definition) is 4. The van der Waals surface area contributed by atoms with Crippen molar-refractivity contribution in [1.29, 1.82) is 0 Å². The summed E-state index contributed by atoms with van der Waals surface area (Å²) in [5, 5.41) is 28.4. The molecule has 0 aliphatic carbocycles. The fourth-order valence-corrected chi connectivity index (χ4v) is 1.61. The molecular formula is C10H18FN3O4. The highest BCUT2D eigenvalue weighted by Gasteiger charge is 2.42. The molecule has 7 nitrogen and oxygen atoms in total. The molecule has 0 aromatic heterocycles. The molecule has 0 amide bonds. The fourth-order valence-electron chi connectivity index (χ4n) is 1.61. The maximum atomic E-state index is 13.5. The van der Waals surface area contributed by atoms with Crippen molar-refractivity contribution in [2.75, 3.05) is 13.8 Å². The Morgan fingerprint density at radius 1 is 1.50 bits per heavy atom. The van der Waals surface area contributed by atoms with Crippen LogP contribution in [0.1, 0.15) is 6.92 Å². The van der Waals surface area contributed by atoms with Gasteiger partial charge in [-0.1, -0.05) is 0 Å². The van der Waals surface area contributed by atoms with E-state index in [-0.39, 0.29) is 5.84 Å². The highest BCUT2D eigenvalue weighted by Crippen LogP contribution is 2.24. The smallest absolute Gasteiger partial charge is 0.180 e. The summed E-state index contributed by atoms with van der Waals surface area (Å²) < 4.78 is 18.7. The molecule has 18 heavy (non-hydrogen) atoms. The van der Waals surface area contributed by atoms with Crippen LogP contribution in [0.2, 0.25) is 0 Å². The molecule has 1 fully saturated rings. The Morgan fingerprint density at radius 2 is 2.11 bits per heavy atom. The molecule has 8 heteroatoms. The van der Waals surface area contributed by atoms with Gasteiger partial charge < -0.3 is 30.7 Å². The van der Waals surface area contributed by atoms with Gasteiger partial charge in [0.2, 0.25) is 0 Å². The Labute approximate surface area is 104 Å². The van der Waals surface area contributed by atoms with Crippen LogP contribution in [0.25, 0.3) is 0 Å². The first-order chi connectivity index (χ1) is 8.42. The third kappa shape index (κ3) is 2.96. The van der Waals surface area contributed by atoms with Crippen molar-refractivity contribution in [2.45, 2.75) is 31.5 Å². The SMILES string of the molecule is CN=C(N)/C(F)=C\N(CO)C1OC(C)C(O)C1O. The van der Waals surface area contributed by atoms with Crippen molar-refractivity contribution in [1.82, 2.24) is 4.90 Å². The monoisotopic (exact) mass is 263 g/mol. The fraction of sp³-hybridized carbons (Fsp3) is 0.700. The van der Waals surface area contributed by atoms with Gasteiger partial charge in [-0.15, -0.1) is 0 Å². The van der Waals surface area contributed by atoms with E-state index in [1.165, 1.54) is 7.05 Å². The number of aliphatic imine (C=N–C) groups is 1. The Kier molecular flexibility index (Phi) is 5.03. The molecule has 1 aliphatic heterocycles. The quantitative estimate of drug-likeness (QED) is 0.279. The summed E-state index contributed by atoms with van der Waals surface area (Å²) in [5.41, 5.74) is 5.25.